The number of aromatic nitrogens is 1. The second-order valence-corrected chi connectivity index (χ2v) is 6.21. The molecule has 6 nitrogen and oxygen atoms in total. The first kappa shape index (κ1) is 17.7. The summed E-state index contributed by atoms with van der Waals surface area (Å²) in [6.45, 7) is 3.04. The summed E-state index contributed by atoms with van der Waals surface area (Å²) in [6, 6.07) is 9.80. The van der Waals surface area contributed by atoms with E-state index in [2.05, 4.69) is 5.32 Å². The fraction of sp³-hybridized carbons (Fsp3) is 0.235. The maximum Gasteiger partial charge on any atom is 0.330 e. The summed E-state index contributed by atoms with van der Waals surface area (Å²) in [6.07, 6.45) is 1.35. The van der Waals surface area contributed by atoms with Gasteiger partial charge in [0.15, 0.2) is 6.04 Å². The van der Waals surface area contributed by atoms with Gasteiger partial charge in [0.2, 0.25) is 5.91 Å². The van der Waals surface area contributed by atoms with Crippen LogP contribution in [0.3, 0.4) is 0 Å². The Labute approximate surface area is 143 Å². The van der Waals surface area contributed by atoms with E-state index in [0.717, 1.165) is 0 Å². The van der Waals surface area contributed by atoms with Crippen molar-refractivity contribution in [3.8, 4) is 0 Å². The number of benzene rings is 1. The molecule has 1 atom stereocenters. The maximum atomic E-state index is 12.6. The number of rotatable bonds is 5. The Kier molecular flexibility index (Phi) is 5.09. The monoisotopic (exact) mass is 348 g/mol. The van der Waals surface area contributed by atoms with Gasteiger partial charge >= 0.3 is 5.97 Å². The van der Waals surface area contributed by atoms with Crippen LogP contribution >= 0.6 is 11.6 Å². The standard InChI is InChI=1S/C17H17ClN2O4/c1-17(2,20-10-12(18)8-9-13(20)21)16(24)19-14(15(22)23)11-6-4-3-5-7-11/h3-10,14H,1-2H3,(H,19,24)(H,22,23). The molecule has 0 saturated carbocycles. The Hall–Kier alpha value is -2.60. The number of hydrogen-bond acceptors (Lipinski definition) is 3. The highest BCUT2D eigenvalue weighted by Gasteiger charge is 2.34. The first-order valence-corrected chi connectivity index (χ1v) is 7.58. The quantitative estimate of drug-likeness (QED) is 0.866. The molecule has 0 saturated heterocycles. The van der Waals surface area contributed by atoms with Gasteiger partial charge in [-0.3, -0.25) is 14.2 Å². The van der Waals surface area contributed by atoms with Crippen LogP contribution in [0.4, 0.5) is 0 Å². The van der Waals surface area contributed by atoms with Crippen LogP contribution < -0.4 is 10.9 Å². The van der Waals surface area contributed by atoms with Crippen LogP contribution in [-0.4, -0.2) is 21.6 Å². The molecular weight excluding hydrogens is 332 g/mol. The zero-order valence-corrected chi connectivity index (χ0v) is 13.9. The lowest BCUT2D eigenvalue weighted by Gasteiger charge is -2.28. The number of aliphatic carboxylic acids is 1. The molecule has 0 aliphatic rings. The molecule has 0 spiro atoms. The molecule has 0 bridgehead atoms. The largest absolute Gasteiger partial charge is 0.479 e. The van der Waals surface area contributed by atoms with Crippen molar-refractivity contribution in [1.82, 2.24) is 9.88 Å². The average Bonchev–Trinajstić information content (AvgIpc) is 2.54. The SMILES string of the molecule is CC(C)(C(=O)NC(C(=O)O)c1ccccc1)n1cc(Cl)ccc1=O. The predicted octanol–water partition coefficient (Wildman–Crippen LogP) is 2.18. The van der Waals surface area contributed by atoms with Crippen LogP contribution in [0.5, 0.6) is 0 Å². The topological polar surface area (TPSA) is 88.4 Å². The van der Waals surface area contributed by atoms with E-state index in [0.29, 0.717) is 10.6 Å². The Morgan fingerprint density at radius 2 is 1.79 bits per heavy atom. The van der Waals surface area contributed by atoms with E-state index in [9.17, 15) is 19.5 Å². The highest BCUT2D eigenvalue weighted by molar-refractivity contribution is 6.30. The van der Waals surface area contributed by atoms with E-state index in [1.165, 1.54) is 36.7 Å². The third-order valence-corrected chi connectivity index (χ3v) is 3.91. The second kappa shape index (κ2) is 6.88. The number of nitrogens with one attached hydrogen (secondary N) is 1. The molecule has 2 rings (SSSR count). The van der Waals surface area contributed by atoms with E-state index in [1.807, 2.05) is 0 Å². The van der Waals surface area contributed by atoms with Crippen LogP contribution in [0, 0.1) is 0 Å². The zero-order chi connectivity index (χ0) is 17.9. The molecular formula is C17H17ClN2O4. The molecule has 1 unspecified atom stereocenters. The van der Waals surface area contributed by atoms with Crippen molar-refractivity contribution in [3.05, 3.63) is 69.6 Å². The molecule has 0 aliphatic carbocycles. The number of carbonyl (C=O) groups is 2. The van der Waals surface area contributed by atoms with E-state index in [-0.39, 0.29) is 0 Å². The van der Waals surface area contributed by atoms with Crippen LogP contribution in [-0.2, 0) is 15.1 Å². The van der Waals surface area contributed by atoms with Gasteiger partial charge in [0.1, 0.15) is 5.54 Å². The van der Waals surface area contributed by atoms with Gasteiger partial charge in [0.05, 0.1) is 5.02 Å². The first-order chi connectivity index (χ1) is 11.2. The molecule has 24 heavy (non-hydrogen) atoms. The summed E-state index contributed by atoms with van der Waals surface area (Å²) in [5, 5.41) is 12.2. The van der Waals surface area contributed by atoms with Gasteiger partial charge in [-0.2, -0.15) is 0 Å². The molecule has 7 heteroatoms. The Balaban J connectivity index is 2.34. The molecule has 1 amide bonds. The minimum Gasteiger partial charge on any atom is -0.479 e. The van der Waals surface area contributed by atoms with Crippen LogP contribution in [0.2, 0.25) is 5.02 Å². The van der Waals surface area contributed by atoms with Crippen molar-refractivity contribution in [2.75, 3.05) is 0 Å². The van der Waals surface area contributed by atoms with Crippen LogP contribution in [0.1, 0.15) is 25.5 Å². The van der Waals surface area contributed by atoms with Gasteiger partial charge in [-0.15, -0.1) is 0 Å². The lowest BCUT2D eigenvalue weighted by molar-refractivity contribution is -0.143. The lowest BCUT2D eigenvalue weighted by Crippen LogP contribution is -2.50. The number of carboxylic acid groups (broad SMARTS) is 1. The number of halogens is 1. The number of carboxylic acids is 1. The van der Waals surface area contributed by atoms with Crippen molar-refractivity contribution in [1.29, 1.82) is 0 Å². The maximum absolute atomic E-state index is 12.6. The minimum atomic E-state index is -1.32. The van der Waals surface area contributed by atoms with Crippen molar-refractivity contribution in [2.24, 2.45) is 0 Å². The molecule has 2 N–H and O–H groups in total. The molecule has 0 radical (unpaired) electrons. The summed E-state index contributed by atoms with van der Waals surface area (Å²) in [5.74, 6) is -1.80. The summed E-state index contributed by atoms with van der Waals surface area (Å²) in [5.41, 5.74) is -1.29. The summed E-state index contributed by atoms with van der Waals surface area (Å²) >= 11 is 5.89. The first-order valence-electron chi connectivity index (χ1n) is 7.21. The molecule has 2 aromatic rings. The highest BCUT2D eigenvalue weighted by Crippen LogP contribution is 2.19. The van der Waals surface area contributed by atoms with Crippen molar-refractivity contribution in [2.45, 2.75) is 25.4 Å². The molecule has 0 aliphatic heterocycles. The minimum absolute atomic E-state index is 0.299. The molecule has 126 valence electrons. The Bertz CT molecular complexity index is 815. The molecule has 1 aromatic heterocycles. The Morgan fingerprint density at radius 1 is 1.17 bits per heavy atom. The number of pyridine rings is 1. The average molecular weight is 349 g/mol. The number of amides is 1. The van der Waals surface area contributed by atoms with E-state index >= 15 is 0 Å². The number of hydrogen-bond donors (Lipinski definition) is 2. The van der Waals surface area contributed by atoms with Gasteiger partial charge in [-0.05, 0) is 25.5 Å². The second-order valence-electron chi connectivity index (χ2n) is 5.77. The lowest BCUT2D eigenvalue weighted by atomic mass is 10.0. The molecule has 1 heterocycles. The van der Waals surface area contributed by atoms with Crippen molar-refractivity contribution >= 4 is 23.5 Å². The highest BCUT2D eigenvalue weighted by atomic mass is 35.5. The molecule has 0 fully saturated rings. The summed E-state index contributed by atoms with van der Waals surface area (Å²) in [4.78, 5) is 36.2. The van der Waals surface area contributed by atoms with Crippen LogP contribution in [0.25, 0.3) is 0 Å². The fourth-order valence-electron chi connectivity index (χ4n) is 2.25. The smallest absolute Gasteiger partial charge is 0.330 e. The van der Waals surface area contributed by atoms with E-state index < -0.39 is 29.0 Å². The summed E-state index contributed by atoms with van der Waals surface area (Å²) < 4.78 is 1.18. The van der Waals surface area contributed by atoms with Gasteiger partial charge in [0, 0.05) is 12.3 Å². The predicted molar refractivity (Wildman–Crippen MR) is 90.0 cm³/mol. The van der Waals surface area contributed by atoms with E-state index in [1.54, 1.807) is 30.3 Å². The van der Waals surface area contributed by atoms with Crippen molar-refractivity contribution in [3.63, 3.8) is 0 Å². The van der Waals surface area contributed by atoms with Crippen LogP contribution in [0.15, 0.2) is 53.5 Å². The van der Waals surface area contributed by atoms with Crippen molar-refractivity contribution < 1.29 is 14.7 Å². The number of carbonyl (C=O) groups excluding carboxylic acids is 1. The third kappa shape index (κ3) is 3.65. The van der Waals surface area contributed by atoms with Gasteiger partial charge in [-0.1, -0.05) is 41.9 Å². The van der Waals surface area contributed by atoms with Gasteiger partial charge in [0.25, 0.3) is 5.56 Å². The van der Waals surface area contributed by atoms with Gasteiger partial charge in [-0.25, -0.2) is 4.79 Å². The third-order valence-electron chi connectivity index (χ3n) is 3.69. The Morgan fingerprint density at radius 3 is 2.38 bits per heavy atom. The number of nitrogens with zero attached hydrogens (tertiary/aromatic N) is 1. The fourth-order valence-corrected chi connectivity index (χ4v) is 2.41. The zero-order valence-electron chi connectivity index (χ0n) is 13.2. The van der Waals surface area contributed by atoms with Gasteiger partial charge < -0.3 is 10.4 Å². The summed E-state index contributed by atoms with van der Waals surface area (Å²) in [7, 11) is 0. The van der Waals surface area contributed by atoms with E-state index in [4.69, 9.17) is 11.6 Å². The normalized spacial score (nSPS) is 12.5. The molecule has 1 aromatic carbocycles.